The number of carbonyl (C=O) groups is 2. The zero-order chi connectivity index (χ0) is 16.7. The van der Waals surface area contributed by atoms with E-state index < -0.39 is 11.8 Å². The first kappa shape index (κ1) is 16.4. The molecule has 2 N–H and O–H groups in total. The molecule has 0 saturated carbocycles. The quantitative estimate of drug-likeness (QED) is 0.487. The van der Waals surface area contributed by atoms with Gasteiger partial charge in [-0.15, -0.1) is 11.3 Å². The molecule has 0 spiro atoms. The third-order valence-corrected chi connectivity index (χ3v) is 3.35. The number of ether oxygens (including phenoxy) is 2. The average molecular weight is 334 g/mol. The molecule has 0 aliphatic heterocycles. The molecule has 0 atom stereocenters. The molecule has 0 saturated heterocycles. The van der Waals surface area contributed by atoms with E-state index in [-0.39, 0.29) is 0 Å². The molecule has 2 aromatic rings. The zero-order valence-electron chi connectivity index (χ0n) is 12.4. The van der Waals surface area contributed by atoms with E-state index in [4.69, 9.17) is 9.47 Å². The molecule has 1 aromatic heterocycles. The topological polar surface area (TPSA) is 102 Å². The first-order valence-corrected chi connectivity index (χ1v) is 7.28. The smallest absolute Gasteiger partial charge is 0.329 e. The maximum absolute atomic E-state index is 11.6. The van der Waals surface area contributed by atoms with E-state index in [1.807, 2.05) is 0 Å². The number of benzene rings is 1. The monoisotopic (exact) mass is 334 g/mol. The highest BCUT2D eigenvalue weighted by molar-refractivity contribution is 7.13. The molecule has 0 bridgehead atoms. The van der Waals surface area contributed by atoms with Crippen LogP contribution >= 0.6 is 11.3 Å². The Morgan fingerprint density at radius 2 is 2.09 bits per heavy atom. The van der Waals surface area contributed by atoms with Crippen molar-refractivity contribution in [1.82, 2.24) is 10.4 Å². The lowest BCUT2D eigenvalue weighted by molar-refractivity contribution is -0.136. The summed E-state index contributed by atoms with van der Waals surface area (Å²) in [5.41, 5.74) is 2.72. The SMILES string of the molecule is COc1cccc(/C=N/NC(=O)C(=O)Nc2nccs2)c1OC. The molecule has 2 amide bonds. The van der Waals surface area contributed by atoms with Crippen molar-refractivity contribution in [2.45, 2.75) is 0 Å². The number of hydrogen-bond acceptors (Lipinski definition) is 7. The standard InChI is InChI=1S/C14H14N4O4S/c1-21-10-5-3-4-9(11(10)22-2)8-16-18-13(20)12(19)17-14-15-6-7-23-14/h3-8H,1-2H3,(H,18,20)(H,15,17,19)/b16-8+. The van der Waals surface area contributed by atoms with Crippen molar-refractivity contribution in [3.63, 3.8) is 0 Å². The number of rotatable bonds is 5. The van der Waals surface area contributed by atoms with Gasteiger partial charge in [0.2, 0.25) is 0 Å². The Labute approximate surface area is 136 Å². The van der Waals surface area contributed by atoms with Gasteiger partial charge in [0, 0.05) is 17.1 Å². The van der Waals surface area contributed by atoms with Crippen molar-refractivity contribution >= 4 is 34.5 Å². The Morgan fingerprint density at radius 3 is 2.74 bits per heavy atom. The number of aromatic nitrogens is 1. The summed E-state index contributed by atoms with van der Waals surface area (Å²) in [6.07, 6.45) is 2.88. The van der Waals surface area contributed by atoms with Gasteiger partial charge in [-0.2, -0.15) is 5.10 Å². The maximum atomic E-state index is 11.6. The Morgan fingerprint density at radius 1 is 1.26 bits per heavy atom. The molecule has 0 fully saturated rings. The summed E-state index contributed by atoms with van der Waals surface area (Å²) in [6.45, 7) is 0. The van der Waals surface area contributed by atoms with Crippen LogP contribution in [0.2, 0.25) is 0 Å². The fourth-order valence-corrected chi connectivity index (χ4v) is 2.19. The van der Waals surface area contributed by atoms with Gasteiger partial charge < -0.3 is 9.47 Å². The minimum atomic E-state index is -0.904. The number of thiazole rings is 1. The molecule has 120 valence electrons. The second-order valence-corrected chi connectivity index (χ2v) is 4.97. The number of para-hydroxylation sites is 1. The maximum Gasteiger partial charge on any atom is 0.329 e. The van der Waals surface area contributed by atoms with E-state index in [0.717, 1.165) is 0 Å². The van der Waals surface area contributed by atoms with E-state index in [1.54, 1.807) is 23.6 Å². The summed E-state index contributed by atoms with van der Waals surface area (Å²) in [7, 11) is 3.01. The molecular formula is C14H14N4O4S. The molecule has 0 aliphatic carbocycles. The van der Waals surface area contributed by atoms with Gasteiger partial charge in [-0.05, 0) is 12.1 Å². The van der Waals surface area contributed by atoms with Crippen LogP contribution in [-0.4, -0.2) is 37.2 Å². The lowest BCUT2D eigenvalue weighted by atomic mass is 10.2. The molecule has 23 heavy (non-hydrogen) atoms. The summed E-state index contributed by atoms with van der Waals surface area (Å²) in [5.74, 6) is -0.752. The number of hydrogen-bond donors (Lipinski definition) is 2. The highest BCUT2D eigenvalue weighted by atomic mass is 32.1. The lowest BCUT2D eigenvalue weighted by Gasteiger charge is -2.09. The van der Waals surface area contributed by atoms with Crippen LogP contribution < -0.4 is 20.2 Å². The predicted molar refractivity (Wildman–Crippen MR) is 86.0 cm³/mol. The minimum absolute atomic E-state index is 0.337. The average Bonchev–Trinajstić information content (AvgIpc) is 3.07. The van der Waals surface area contributed by atoms with E-state index in [2.05, 4.69) is 20.8 Å². The molecule has 0 unspecified atom stereocenters. The van der Waals surface area contributed by atoms with E-state index in [1.165, 1.54) is 38.0 Å². The van der Waals surface area contributed by atoms with E-state index in [9.17, 15) is 9.59 Å². The van der Waals surface area contributed by atoms with Crippen molar-refractivity contribution in [3.8, 4) is 11.5 Å². The van der Waals surface area contributed by atoms with Crippen molar-refractivity contribution in [1.29, 1.82) is 0 Å². The van der Waals surface area contributed by atoms with Crippen LogP contribution in [0, 0.1) is 0 Å². The van der Waals surface area contributed by atoms with Gasteiger partial charge in [0.15, 0.2) is 16.6 Å². The fourth-order valence-electron chi connectivity index (χ4n) is 1.66. The first-order valence-electron chi connectivity index (χ1n) is 6.40. The number of carbonyl (C=O) groups excluding carboxylic acids is 2. The molecule has 9 heteroatoms. The minimum Gasteiger partial charge on any atom is -0.493 e. The van der Waals surface area contributed by atoms with E-state index in [0.29, 0.717) is 22.2 Å². The number of nitrogens with zero attached hydrogens (tertiary/aromatic N) is 2. The second kappa shape index (κ2) is 7.90. The molecule has 2 rings (SSSR count). The predicted octanol–water partition coefficient (Wildman–Crippen LogP) is 1.25. The van der Waals surface area contributed by atoms with Crippen LogP contribution in [0.1, 0.15) is 5.56 Å². The van der Waals surface area contributed by atoms with Crippen LogP contribution in [-0.2, 0) is 9.59 Å². The molecule has 1 aromatic carbocycles. The second-order valence-electron chi connectivity index (χ2n) is 4.07. The van der Waals surface area contributed by atoms with Gasteiger partial charge >= 0.3 is 11.8 Å². The van der Waals surface area contributed by atoms with Crippen molar-refractivity contribution < 1.29 is 19.1 Å². The van der Waals surface area contributed by atoms with Crippen LogP contribution in [0.4, 0.5) is 5.13 Å². The number of amides is 2. The van der Waals surface area contributed by atoms with Crippen LogP contribution in [0.15, 0.2) is 34.9 Å². The van der Waals surface area contributed by atoms with Crippen LogP contribution in [0.5, 0.6) is 11.5 Å². The Balaban J connectivity index is 1.98. The van der Waals surface area contributed by atoms with Crippen LogP contribution in [0.3, 0.4) is 0 Å². The highest BCUT2D eigenvalue weighted by Gasteiger charge is 2.14. The number of nitrogens with one attached hydrogen (secondary N) is 2. The molecule has 1 heterocycles. The third-order valence-electron chi connectivity index (χ3n) is 2.66. The van der Waals surface area contributed by atoms with Gasteiger partial charge in [0.1, 0.15) is 0 Å². The molecule has 8 nitrogen and oxygen atoms in total. The molecule has 0 aliphatic rings. The lowest BCUT2D eigenvalue weighted by Crippen LogP contribution is -2.32. The van der Waals surface area contributed by atoms with Gasteiger partial charge in [-0.1, -0.05) is 6.07 Å². The number of anilines is 1. The summed E-state index contributed by atoms with van der Waals surface area (Å²) in [4.78, 5) is 27.1. The number of methoxy groups -OCH3 is 2. The molecular weight excluding hydrogens is 320 g/mol. The Bertz CT molecular complexity index is 716. The first-order chi connectivity index (χ1) is 11.2. The summed E-state index contributed by atoms with van der Waals surface area (Å²) < 4.78 is 10.4. The Kier molecular flexibility index (Phi) is 5.64. The van der Waals surface area contributed by atoms with Crippen molar-refractivity contribution in [2.75, 3.05) is 19.5 Å². The highest BCUT2D eigenvalue weighted by Crippen LogP contribution is 2.29. The zero-order valence-corrected chi connectivity index (χ0v) is 13.2. The van der Waals surface area contributed by atoms with Crippen molar-refractivity contribution in [3.05, 3.63) is 35.3 Å². The van der Waals surface area contributed by atoms with Crippen LogP contribution in [0.25, 0.3) is 0 Å². The van der Waals surface area contributed by atoms with Crippen molar-refractivity contribution in [2.24, 2.45) is 5.10 Å². The third kappa shape index (κ3) is 4.27. The largest absolute Gasteiger partial charge is 0.493 e. The summed E-state index contributed by atoms with van der Waals surface area (Å²) in [5, 5.41) is 8.10. The fraction of sp³-hybridized carbons (Fsp3) is 0.143. The summed E-state index contributed by atoms with van der Waals surface area (Å²) in [6, 6.07) is 5.21. The Hall–Kier alpha value is -2.94. The van der Waals surface area contributed by atoms with E-state index >= 15 is 0 Å². The number of hydrazone groups is 1. The summed E-state index contributed by atoms with van der Waals surface area (Å²) >= 11 is 1.21. The molecule has 0 radical (unpaired) electrons. The van der Waals surface area contributed by atoms with Gasteiger partial charge in [0.05, 0.1) is 20.4 Å². The van der Waals surface area contributed by atoms with Gasteiger partial charge in [-0.3, -0.25) is 14.9 Å². The normalized spacial score (nSPS) is 10.3. The van der Waals surface area contributed by atoms with Gasteiger partial charge in [-0.25, -0.2) is 10.4 Å². The van der Waals surface area contributed by atoms with Gasteiger partial charge in [0.25, 0.3) is 0 Å².